The number of carboxylic acids is 2. The molecule has 0 amide bonds. The van der Waals surface area contributed by atoms with E-state index in [1.807, 2.05) is 37.2 Å². The zero-order chi connectivity index (χ0) is 24.9. The van der Waals surface area contributed by atoms with Gasteiger partial charge in [0.05, 0.1) is 16.5 Å². The van der Waals surface area contributed by atoms with Crippen LogP contribution in [0.4, 0.5) is 0 Å². The van der Waals surface area contributed by atoms with E-state index in [-0.39, 0.29) is 28.7 Å². The van der Waals surface area contributed by atoms with Gasteiger partial charge in [-0.1, -0.05) is 12.1 Å². The molecule has 2 aliphatic rings. The van der Waals surface area contributed by atoms with Crippen molar-refractivity contribution in [2.75, 3.05) is 39.5 Å². The van der Waals surface area contributed by atoms with Crippen LogP contribution in [0.15, 0.2) is 33.5 Å². The Morgan fingerprint density at radius 2 is 1.67 bits per heavy atom. The van der Waals surface area contributed by atoms with Crippen molar-refractivity contribution in [1.29, 1.82) is 0 Å². The van der Waals surface area contributed by atoms with E-state index in [4.69, 9.17) is 24.2 Å². The monoisotopic (exact) mass is 485 g/mol. The Balaban J connectivity index is 0.000000420. The smallest absolute Gasteiger partial charge is 0.419 e. The Kier molecular flexibility index (Phi) is 8.81. The number of carbonyl (C=O) groups is 2. The van der Waals surface area contributed by atoms with Crippen molar-refractivity contribution in [3.05, 3.63) is 34.8 Å². The number of aromatic nitrogens is 1. The molecular weight excluding hydrogens is 454 g/mol. The molecule has 0 saturated carbocycles. The molecule has 2 fully saturated rings. The number of hydrogen-bond acceptors (Lipinski definition) is 8. The average Bonchev–Trinajstić information content (AvgIpc) is 3.30. The summed E-state index contributed by atoms with van der Waals surface area (Å²) in [4.78, 5) is 34.3. The van der Waals surface area contributed by atoms with Crippen molar-refractivity contribution in [3.63, 3.8) is 0 Å². The molecule has 2 N–H and O–H groups in total. The Hall–Kier alpha value is -2.70. The van der Waals surface area contributed by atoms with Gasteiger partial charge in [-0.05, 0) is 26.2 Å². The van der Waals surface area contributed by atoms with Gasteiger partial charge in [-0.3, -0.25) is 19.1 Å². The fraction of sp³-hybridized carbons (Fsp3) is 0.571. The second-order valence-electron chi connectivity index (χ2n) is 8.35. The lowest BCUT2D eigenvalue weighted by Gasteiger charge is -2.25. The van der Waals surface area contributed by atoms with Crippen LogP contribution >= 0.6 is 0 Å². The number of fused-ring (bicyclic) bond motifs is 2. The number of likely N-dealkylation sites (tertiary alicyclic amines) is 1. The molecule has 0 spiro atoms. The molecule has 184 valence electrons. The molecule has 2 aliphatic heterocycles. The van der Waals surface area contributed by atoms with E-state index in [9.17, 15) is 13.2 Å². The minimum absolute atomic E-state index is 0.0810. The molecule has 33 heavy (non-hydrogen) atoms. The van der Waals surface area contributed by atoms with Crippen molar-refractivity contribution in [2.45, 2.75) is 31.7 Å². The van der Waals surface area contributed by atoms with Crippen LogP contribution in [0.5, 0.6) is 0 Å². The molecule has 3 heterocycles. The van der Waals surface area contributed by atoms with Gasteiger partial charge in [0, 0.05) is 52.0 Å². The van der Waals surface area contributed by atoms with Crippen LogP contribution in [0.2, 0.25) is 0 Å². The molecule has 0 aliphatic carbocycles. The predicted octanol–water partition coefficient (Wildman–Crippen LogP) is 0.435. The van der Waals surface area contributed by atoms with Gasteiger partial charge < -0.3 is 19.5 Å². The molecule has 11 nitrogen and oxygen atoms in total. The van der Waals surface area contributed by atoms with Gasteiger partial charge in [0.25, 0.3) is 11.9 Å². The Morgan fingerprint density at radius 3 is 2.24 bits per heavy atom. The number of nitrogens with zero attached hydrogens (tertiary/aromatic N) is 3. The van der Waals surface area contributed by atoms with E-state index in [0.717, 1.165) is 25.9 Å². The second-order valence-corrected chi connectivity index (χ2v) is 10.6. The predicted molar refractivity (Wildman–Crippen MR) is 122 cm³/mol. The van der Waals surface area contributed by atoms with E-state index in [0.29, 0.717) is 25.2 Å². The second kappa shape index (κ2) is 10.9. The van der Waals surface area contributed by atoms with Crippen molar-refractivity contribution < 1.29 is 32.6 Å². The lowest BCUT2D eigenvalue weighted by Crippen LogP contribution is -2.38. The fourth-order valence-electron chi connectivity index (χ4n) is 4.30. The highest BCUT2D eigenvalue weighted by molar-refractivity contribution is 7.92. The minimum Gasteiger partial charge on any atom is -0.481 e. The van der Waals surface area contributed by atoms with Crippen LogP contribution in [0.25, 0.3) is 11.1 Å². The highest BCUT2D eigenvalue weighted by atomic mass is 32.2. The standard InChI is InChI=1S/C17H23N3O4S.2C2H4O2/c1-18(2)14-11-25(22,23)16-10-19(9-12(14)16)7-8-20-13-5-3-4-6-15(13)24-17(20)21;2*1-2(3)4/h3-6,12,14,16H,7-11H2,1-2H3;2*1H3,(H,3,4)/t12-,14+,16-;;/m0../s1. The molecular formula is C21H31N3O8S. The van der Waals surface area contributed by atoms with Gasteiger partial charge in [-0.2, -0.15) is 0 Å². The maximum Gasteiger partial charge on any atom is 0.419 e. The summed E-state index contributed by atoms with van der Waals surface area (Å²) in [6.07, 6.45) is 0. The zero-order valence-corrected chi connectivity index (χ0v) is 20.0. The number of benzene rings is 1. The van der Waals surface area contributed by atoms with Gasteiger partial charge in [0.1, 0.15) is 0 Å². The summed E-state index contributed by atoms with van der Waals surface area (Å²) < 4.78 is 31.8. The van der Waals surface area contributed by atoms with E-state index in [1.165, 1.54) is 0 Å². The van der Waals surface area contributed by atoms with E-state index < -0.39 is 21.8 Å². The highest BCUT2D eigenvalue weighted by Crippen LogP contribution is 2.35. The number of sulfone groups is 1. The summed E-state index contributed by atoms with van der Waals surface area (Å²) >= 11 is 0. The van der Waals surface area contributed by atoms with Gasteiger partial charge >= 0.3 is 5.76 Å². The summed E-state index contributed by atoms with van der Waals surface area (Å²) in [5.41, 5.74) is 1.37. The maximum absolute atomic E-state index is 12.4. The van der Waals surface area contributed by atoms with Crippen molar-refractivity contribution in [3.8, 4) is 0 Å². The number of rotatable bonds is 4. The Morgan fingerprint density at radius 1 is 1.09 bits per heavy atom. The summed E-state index contributed by atoms with van der Waals surface area (Å²) in [6.45, 7) is 4.63. The fourth-order valence-corrected chi connectivity index (χ4v) is 6.80. The summed E-state index contributed by atoms with van der Waals surface area (Å²) in [7, 11) is 0.857. The number of carboxylic acid groups (broad SMARTS) is 2. The van der Waals surface area contributed by atoms with Crippen molar-refractivity contribution >= 4 is 32.9 Å². The third-order valence-corrected chi connectivity index (χ3v) is 7.85. The molecule has 2 saturated heterocycles. The molecule has 4 rings (SSSR count). The van der Waals surface area contributed by atoms with Gasteiger partial charge in [0.15, 0.2) is 15.4 Å². The normalized spacial score (nSPS) is 23.4. The largest absolute Gasteiger partial charge is 0.481 e. The number of hydrogen-bond donors (Lipinski definition) is 2. The van der Waals surface area contributed by atoms with E-state index >= 15 is 0 Å². The number of para-hydroxylation sites is 2. The first-order chi connectivity index (χ1) is 15.3. The van der Waals surface area contributed by atoms with Crippen LogP contribution in [-0.4, -0.2) is 95.7 Å². The van der Waals surface area contributed by atoms with Crippen LogP contribution in [0.3, 0.4) is 0 Å². The van der Waals surface area contributed by atoms with Crippen molar-refractivity contribution in [2.24, 2.45) is 5.92 Å². The van der Waals surface area contributed by atoms with Crippen LogP contribution in [0, 0.1) is 5.92 Å². The zero-order valence-electron chi connectivity index (χ0n) is 19.2. The Labute approximate surface area is 192 Å². The molecule has 0 bridgehead atoms. The first-order valence-electron chi connectivity index (χ1n) is 10.4. The van der Waals surface area contributed by atoms with Gasteiger partial charge in [-0.25, -0.2) is 13.2 Å². The maximum atomic E-state index is 12.4. The van der Waals surface area contributed by atoms with Crippen LogP contribution < -0.4 is 5.76 Å². The lowest BCUT2D eigenvalue weighted by molar-refractivity contribution is -0.135. The van der Waals surface area contributed by atoms with Crippen LogP contribution in [-0.2, 0) is 26.0 Å². The molecule has 3 atom stereocenters. The summed E-state index contributed by atoms with van der Waals surface area (Å²) in [5.74, 6) is -1.62. The molecule has 2 aromatic rings. The summed E-state index contributed by atoms with van der Waals surface area (Å²) in [6, 6.07) is 7.44. The molecule has 0 radical (unpaired) electrons. The van der Waals surface area contributed by atoms with Gasteiger partial charge in [-0.15, -0.1) is 0 Å². The van der Waals surface area contributed by atoms with E-state index in [1.54, 1.807) is 10.6 Å². The third-order valence-electron chi connectivity index (χ3n) is 5.62. The first kappa shape index (κ1) is 26.6. The first-order valence-corrected chi connectivity index (χ1v) is 12.1. The number of aliphatic carboxylic acids is 2. The highest BCUT2D eigenvalue weighted by Gasteiger charge is 2.52. The molecule has 1 aromatic carbocycles. The summed E-state index contributed by atoms with van der Waals surface area (Å²) in [5, 5.41) is 14.6. The number of oxazole rings is 1. The van der Waals surface area contributed by atoms with Crippen molar-refractivity contribution in [1.82, 2.24) is 14.4 Å². The van der Waals surface area contributed by atoms with Gasteiger partial charge in [0.2, 0.25) is 0 Å². The lowest BCUT2D eigenvalue weighted by atomic mass is 10.00. The van der Waals surface area contributed by atoms with Crippen LogP contribution in [0.1, 0.15) is 13.8 Å². The molecule has 0 unspecified atom stereocenters. The molecule has 1 aromatic heterocycles. The van der Waals surface area contributed by atoms with E-state index in [2.05, 4.69) is 4.90 Å². The quantitative estimate of drug-likeness (QED) is 0.624. The molecule has 12 heteroatoms. The topological polar surface area (TPSA) is 150 Å². The SMILES string of the molecule is CC(=O)O.CC(=O)O.CN(C)[C@@H]1CS(=O)(=O)[C@H]2CN(CCn3c(=O)oc4ccccc43)C[C@@H]12. The minimum atomic E-state index is -3.04. The average molecular weight is 486 g/mol. The third kappa shape index (κ3) is 6.89. The Bertz CT molecular complexity index is 1120.